The van der Waals surface area contributed by atoms with Gasteiger partial charge in [-0.1, -0.05) is 35.0 Å². The third-order valence-electron chi connectivity index (χ3n) is 3.70. The maximum atomic E-state index is 12.7. The standard InChI is InChI=1S/C20H23BrN6O4S/c1-3-8-26-32(28,29)27-18-17(15-4-6-16(21)7-5-15)19(25-13-24-18)30-9-10-31-20-22-11-14(2)12-23-20/h4-7,11-13,26H,3,8-10H2,1-2H3,(H,24,25,27)/i8D2,10D2,13D. The quantitative estimate of drug-likeness (QED) is 0.389. The fourth-order valence-corrected chi connectivity index (χ4v) is 3.39. The Morgan fingerprint density at radius 2 is 1.84 bits per heavy atom. The second kappa shape index (κ2) is 11.2. The summed E-state index contributed by atoms with van der Waals surface area (Å²) >= 11 is 3.32. The van der Waals surface area contributed by atoms with Crippen LogP contribution in [0, 0.1) is 6.92 Å². The summed E-state index contributed by atoms with van der Waals surface area (Å²) in [6, 6.07) is 6.30. The molecule has 0 amide bonds. The number of nitrogens with one attached hydrogen (secondary N) is 2. The number of aromatic nitrogens is 4. The normalized spacial score (nSPS) is 14.4. The smallest absolute Gasteiger partial charge is 0.316 e. The van der Waals surface area contributed by atoms with Gasteiger partial charge in [0.05, 0.1) is 8.30 Å². The van der Waals surface area contributed by atoms with E-state index in [1.807, 2.05) is 4.72 Å². The summed E-state index contributed by atoms with van der Waals surface area (Å²) in [7, 11) is -4.49. The molecule has 12 heteroatoms. The van der Waals surface area contributed by atoms with Gasteiger partial charge in [-0.25, -0.2) is 19.9 Å². The van der Waals surface area contributed by atoms with Crippen LogP contribution in [0.2, 0.25) is 0 Å². The number of benzene rings is 1. The zero-order chi connectivity index (χ0) is 27.4. The first-order chi connectivity index (χ1) is 17.2. The molecule has 0 aliphatic carbocycles. The second-order valence-electron chi connectivity index (χ2n) is 6.18. The Bertz CT molecular complexity index is 1350. The lowest BCUT2D eigenvalue weighted by Gasteiger charge is -2.15. The molecule has 3 rings (SSSR count). The van der Waals surface area contributed by atoms with Crippen molar-refractivity contribution in [2.45, 2.75) is 20.3 Å². The number of anilines is 1. The minimum absolute atomic E-state index is 0.00618. The summed E-state index contributed by atoms with van der Waals surface area (Å²) in [6.45, 7) is -2.18. The van der Waals surface area contributed by atoms with Crippen LogP contribution in [-0.2, 0) is 10.2 Å². The Hall–Kier alpha value is -2.83. The predicted octanol–water partition coefficient (Wildman–Crippen LogP) is 3.12. The number of hydrogen-bond acceptors (Lipinski definition) is 8. The Kier molecular flexibility index (Phi) is 6.17. The Morgan fingerprint density at radius 1 is 1.12 bits per heavy atom. The molecule has 32 heavy (non-hydrogen) atoms. The van der Waals surface area contributed by atoms with E-state index < -0.39 is 36.2 Å². The van der Waals surface area contributed by atoms with E-state index in [0.717, 1.165) is 10.0 Å². The highest BCUT2D eigenvalue weighted by atomic mass is 79.9. The molecule has 1 aromatic carbocycles. The van der Waals surface area contributed by atoms with E-state index in [1.54, 1.807) is 31.2 Å². The van der Waals surface area contributed by atoms with Crippen molar-refractivity contribution in [1.82, 2.24) is 24.7 Å². The van der Waals surface area contributed by atoms with Crippen LogP contribution in [-0.4, -0.2) is 48.0 Å². The Balaban J connectivity index is 1.98. The van der Waals surface area contributed by atoms with Crippen molar-refractivity contribution in [2.75, 3.05) is 24.4 Å². The molecule has 2 aromatic heterocycles. The van der Waals surface area contributed by atoms with E-state index in [2.05, 4.69) is 40.6 Å². The molecular formula is C20H23BrN6O4S. The first-order valence-electron chi connectivity index (χ1n) is 11.8. The molecule has 0 saturated heterocycles. The van der Waals surface area contributed by atoms with E-state index in [9.17, 15) is 8.42 Å². The van der Waals surface area contributed by atoms with Crippen LogP contribution in [0.15, 0.2) is 47.4 Å². The first kappa shape index (κ1) is 17.7. The van der Waals surface area contributed by atoms with Gasteiger partial charge in [0.25, 0.3) is 10.2 Å². The van der Waals surface area contributed by atoms with Gasteiger partial charge in [0.2, 0.25) is 5.88 Å². The van der Waals surface area contributed by atoms with Crippen LogP contribution in [0.1, 0.15) is 25.8 Å². The van der Waals surface area contributed by atoms with Gasteiger partial charge in [0, 0.05) is 26.1 Å². The van der Waals surface area contributed by atoms with Crippen molar-refractivity contribution in [3.05, 3.63) is 53.0 Å². The molecule has 0 aliphatic heterocycles. The average Bonchev–Trinajstić information content (AvgIpc) is 2.79. The number of nitrogens with zero attached hydrogens (tertiary/aromatic N) is 4. The van der Waals surface area contributed by atoms with Gasteiger partial charge in [0.15, 0.2) is 5.82 Å². The first-order valence-corrected chi connectivity index (χ1v) is 11.5. The van der Waals surface area contributed by atoms with Crippen molar-refractivity contribution in [3.63, 3.8) is 0 Å². The highest BCUT2D eigenvalue weighted by Gasteiger charge is 2.19. The molecule has 0 atom stereocenters. The number of rotatable bonds is 11. The lowest BCUT2D eigenvalue weighted by atomic mass is 10.1. The fraction of sp³-hybridized carbons (Fsp3) is 0.300. The van der Waals surface area contributed by atoms with Crippen LogP contribution in [0.4, 0.5) is 5.82 Å². The number of ether oxygens (including phenoxy) is 2. The lowest BCUT2D eigenvalue weighted by molar-refractivity contribution is 0.202. The molecule has 0 fully saturated rings. The van der Waals surface area contributed by atoms with Crippen LogP contribution in [0.25, 0.3) is 11.1 Å². The van der Waals surface area contributed by atoms with Crippen molar-refractivity contribution in [2.24, 2.45) is 0 Å². The summed E-state index contributed by atoms with van der Waals surface area (Å²) in [6.07, 6.45) is 2.13. The summed E-state index contributed by atoms with van der Waals surface area (Å²) in [5.74, 6) is -0.684. The molecular weight excluding hydrogens is 500 g/mol. The topological polar surface area (TPSA) is 128 Å². The number of hydrogen-bond donors (Lipinski definition) is 2. The largest absolute Gasteiger partial charge is 0.473 e. The van der Waals surface area contributed by atoms with E-state index in [1.165, 1.54) is 19.3 Å². The van der Waals surface area contributed by atoms with Crippen LogP contribution in [0.5, 0.6) is 11.9 Å². The zero-order valence-corrected chi connectivity index (χ0v) is 19.5. The zero-order valence-electron chi connectivity index (χ0n) is 22.1. The Labute approximate surface area is 202 Å². The number of aryl methyl sites for hydroxylation is 1. The molecule has 3 aromatic rings. The SMILES string of the molecule is [2H]c1nc(NS(=O)(=O)NC([2H])([2H])CC)c(-c2ccc(Br)cc2)c(OCC([2H])([2H])Oc2ncc(C)cn2)n1. The van der Waals surface area contributed by atoms with Crippen LogP contribution < -0.4 is 18.9 Å². The third-order valence-corrected chi connectivity index (χ3v) is 5.10. The second-order valence-corrected chi connectivity index (χ2v) is 8.51. The van der Waals surface area contributed by atoms with E-state index in [-0.39, 0.29) is 29.7 Å². The predicted molar refractivity (Wildman–Crippen MR) is 124 cm³/mol. The average molecular weight is 528 g/mol. The molecule has 0 spiro atoms. The van der Waals surface area contributed by atoms with Gasteiger partial charge in [0.1, 0.15) is 20.8 Å². The summed E-state index contributed by atoms with van der Waals surface area (Å²) in [5, 5.41) is 0. The minimum Gasteiger partial charge on any atom is -0.473 e. The van der Waals surface area contributed by atoms with Crippen molar-refractivity contribution in [3.8, 4) is 23.0 Å². The van der Waals surface area contributed by atoms with Gasteiger partial charge < -0.3 is 9.47 Å². The molecule has 0 aliphatic rings. The maximum absolute atomic E-state index is 12.7. The van der Waals surface area contributed by atoms with Gasteiger partial charge >= 0.3 is 6.01 Å². The van der Waals surface area contributed by atoms with Crippen molar-refractivity contribution in [1.29, 1.82) is 0 Å². The van der Waals surface area contributed by atoms with Gasteiger partial charge in [-0.3, -0.25) is 4.72 Å². The van der Waals surface area contributed by atoms with Crippen molar-refractivity contribution < 1.29 is 24.7 Å². The monoisotopic (exact) mass is 527 g/mol. The minimum atomic E-state index is -4.49. The summed E-state index contributed by atoms with van der Waals surface area (Å²) in [5.41, 5.74) is 1.12. The molecule has 2 N–H and O–H groups in total. The van der Waals surface area contributed by atoms with Crippen LogP contribution >= 0.6 is 15.9 Å². The van der Waals surface area contributed by atoms with Gasteiger partial charge in [-0.05, 0) is 36.6 Å². The lowest BCUT2D eigenvalue weighted by Crippen LogP contribution is -2.31. The van der Waals surface area contributed by atoms with Gasteiger partial charge in [-0.15, -0.1) is 0 Å². The molecule has 170 valence electrons. The van der Waals surface area contributed by atoms with Crippen molar-refractivity contribution >= 4 is 32.0 Å². The van der Waals surface area contributed by atoms with E-state index >= 15 is 0 Å². The highest BCUT2D eigenvalue weighted by Crippen LogP contribution is 2.34. The molecule has 0 unspecified atom stereocenters. The summed E-state index contributed by atoms with van der Waals surface area (Å²) in [4.78, 5) is 15.6. The van der Waals surface area contributed by atoms with Gasteiger partial charge in [-0.2, -0.15) is 13.1 Å². The third kappa shape index (κ3) is 6.84. The maximum Gasteiger partial charge on any atom is 0.316 e. The molecule has 0 bridgehead atoms. The molecule has 10 nitrogen and oxygen atoms in total. The highest BCUT2D eigenvalue weighted by molar-refractivity contribution is 9.10. The molecule has 0 radical (unpaired) electrons. The molecule has 2 heterocycles. The van der Waals surface area contributed by atoms with E-state index in [0.29, 0.717) is 5.56 Å². The fourth-order valence-electron chi connectivity index (χ4n) is 2.33. The Morgan fingerprint density at radius 3 is 2.53 bits per heavy atom. The number of halogens is 1. The van der Waals surface area contributed by atoms with Crippen LogP contribution in [0.3, 0.4) is 0 Å². The molecule has 0 saturated carbocycles. The van der Waals surface area contributed by atoms with E-state index in [4.69, 9.17) is 16.3 Å². The summed E-state index contributed by atoms with van der Waals surface area (Å²) < 4.78 is 80.4.